The van der Waals surface area contributed by atoms with Gasteiger partial charge in [0.25, 0.3) is 0 Å². The molecule has 4 heteroatoms. The first kappa shape index (κ1) is 10.9. The summed E-state index contributed by atoms with van der Waals surface area (Å²) in [5.74, 6) is 0.773. The number of nitrogens with two attached hydrogens (primary N) is 1. The SMILES string of the molecule is Nc1cc(Cl)c(NCC2CCC2)c(Cl)c1. The fourth-order valence-electron chi connectivity index (χ4n) is 1.70. The Morgan fingerprint density at radius 2 is 1.87 bits per heavy atom. The molecule has 1 aromatic carbocycles. The standard InChI is InChI=1S/C11H14Cl2N2/c12-9-4-8(14)5-10(13)11(9)15-6-7-2-1-3-7/h4-5,7,15H,1-3,6,14H2. The van der Waals surface area contributed by atoms with E-state index in [0.717, 1.165) is 18.2 Å². The Kier molecular flexibility index (Phi) is 3.27. The van der Waals surface area contributed by atoms with E-state index >= 15 is 0 Å². The van der Waals surface area contributed by atoms with Crippen LogP contribution in [0, 0.1) is 5.92 Å². The Balaban J connectivity index is 2.05. The fraction of sp³-hybridized carbons (Fsp3) is 0.455. The minimum Gasteiger partial charge on any atom is -0.399 e. The van der Waals surface area contributed by atoms with Crippen LogP contribution in [0.2, 0.25) is 10.0 Å². The Morgan fingerprint density at radius 1 is 1.27 bits per heavy atom. The third-order valence-electron chi connectivity index (χ3n) is 2.86. The molecule has 0 aliphatic heterocycles. The summed E-state index contributed by atoms with van der Waals surface area (Å²) in [6, 6.07) is 3.44. The lowest BCUT2D eigenvalue weighted by molar-refractivity contribution is 0.333. The van der Waals surface area contributed by atoms with Crippen LogP contribution >= 0.6 is 23.2 Å². The molecule has 0 aromatic heterocycles. The first-order chi connectivity index (χ1) is 7.16. The second kappa shape index (κ2) is 4.50. The van der Waals surface area contributed by atoms with Gasteiger partial charge >= 0.3 is 0 Å². The van der Waals surface area contributed by atoms with Crippen LogP contribution in [0.15, 0.2) is 12.1 Å². The number of nitrogen functional groups attached to an aromatic ring is 1. The van der Waals surface area contributed by atoms with Gasteiger partial charge in [0.05, 0.1) is 15.7 Å². The summed E-state index contributed by atoms with van der Waals surface area (Å²) in [6.45, 7) is 0.948. The molecule has 1 fully saturated rings. The number of nitrogens with one attached hydrogen (secondary N) is 1. The number of rotatable bonds is 3. The number of anilines is 2. The molecule has 0 unspecified atom stereocenters. The van der Waals surface area contributed by atoms with Crippen LogP contribution in [-0.4, -0.2) is 6.54 Å². The average Bonchev–Trinajstić information content (AvgIpc) is 2.06. The zero-order chi connectivity index (χ0) is 10.8. The van der Waals surface area contributed by atoms with Crippen molar-refractivity contribution in [3.63, 3.8) is 0 Å². The van der Waals surface area contributed by atoms with Crippen LogP contribution in [0.4, 0.5) is 11.4 Å². The van der Waals surface area contributed by atoms with Crippen molar-refractivity contribution < 1.29 is 0 Å². The maximum atomic E-state index is 6.05. The maximum Gasteiger partial charge on any atom is 0.0720 e. The van der Waals surface area contributed by atoms with Crippen molar-refractivity contribution in [2.24, 2.45) is 5.92 Å². The van der Waals surface area contributed by atoms with Gasteiger partial charge < -0.3 is 11.1 Å². The van der Waals surface area contributed by atoms with Gasteiger partial charge in [-0.15, -0.1) is 0 Å². The van der Waals surface area contributed by atoms with Crippen molar-refractivity contribution in [3.8, 4) is 0 Å². The van der Waals surface area contributed by atoms with Crippen molar-refractivity contribution in [2.45, 2.75) is 19.3 Å². The molecular formula is C11H14Cl2N2. The van der Waals surface area contributed by atoms with Crippen molar-refractivity contribution in [1.29, 1.82) is 0 Å². The van der Waals surface area contributed by atoms with E-state index in [-0.39, 0.29) is 0 Å². The van der Waals surface area contributed by atoms with Gasteiger partial charge in [0.15, 0.2) is 0 Å². The van der Waals surface area contributed by atoms with E-state index in [4.69, 9.17) is 28.9 Å². The lowest BCUT2D eigenvalue weighted by Crippen LogP contribution is -2.21. The summed E-state index contributed by atoms with van der Waals surface area (Å²) in [7, 11) is 0. The number of hydrogen-bond acceptors (Lipinski definition) is 2. The average molecular weight is 245 g/mol. The quantitative estimate of drug-likeness (QED) is 0.795. The predicted molar refractivity (Wildman–Crippen MR) is 66.7 cm³/mol. The van der Waals surface area contributed by atoms with Crippen LogP contribution in [0.5, 0.6) is 0 Å². The Hall–Kier alpha value is -0.600. The Labute approximate surface area is 99.7 Å². The molecule has 2 rings (SSSR count). The van der Waals surface area contributed by atoms with Gasteiger partial charge in [0.2, 0.25) is 0 Å². The molecule has 0 heterocycles. The van der Waals surface area contributed by atoms with Crippen LogP contribution in [0.25, 0.3) is 0 Å². The Bertz CT molecular complexity index is 339. The monoisotopic (exact) mass is 244 g/mol. The van der Waals surface area contributed by atoms with E-state index in [1.165, 1.54) is 19.3 Å². The minimum atomic E-state index is 0.596. The molecule has 1 saturated carbocycles. The van der Waals surface area contributed by atoms with Gasteiger partial charge in [-0.2, -0.15) is 0 Å². The van der Waals surface area contributed by atoms with Gasteiger partial charge in [-0.25, -0.2) is 0 Å². The number of benzene rings is 1. The molecule has 3 N–H and O–H groups in total. The van der Waals surface area contributed by atoms with Gasteiger partial charge in [0, 0.05) is 12.2 Å². The fourth-order valence-corrected chi connectivity index (χ4v) is 2.34. The highest BCUT2D eigenvalue weighted by molar-refractivity contribution is 6.39. The van der Waals surface area contributed by atoms with Crippen molar-refractivity contribution in [2.75, 3.05) is 17.6 Å². The number of hydrogen-bond donors (Lipinski definition) is 2. The zero-order valence-electron chi connectivity index (χ0n) is 8.39. The van der Waals surface area contributed by atoms with E-state index in [2.05, 4.69) is 5.32 Å². The molecule has 0 atom stereocenters. The molecule has 0 spiro atoms. The van der Waals surface area contributed by atoms with Crippen molar-refractivity contribution >= 4 is 34.6 Å². The topological polar surface area (TPSA) is 38.0 Å². The molecule has 0 radical (unpaired) electrons. The molecule has 15 heavy (non-hydrogen) atoms. The second-order valence-electron chi connectivity index (χ2n) is 4.04. The summed E-state index contributed by atoms with van der Waals surface area (Å²) < 4.78 is 0. The first-order valence-electron chi connectivity index (χ1n) is 5.15. The van der Waals surface area contributed by atoms with Crippen LogP contribution in [0.3, 0.4) is 0 Å². The third kappa shape index (κ3) is 2.50. The number of halogens is 2. The summed E-state index contributed by atoms with van der Waals surface area (Å²) in [5.41, 5.74) is 7.03. The van der Waals surface area contributed by atoms with E-state index in [1.54, 1.807) is 12.1 Å². The van der Waals surface area contributed by atoms with Crippen molar-refractivity contribution in [1.82, 2.24) is 0 Å². The highest BCUT2D eigenvalue weighted by Crippen LogP contribution is 2.34. The smallest absolute Gasteiger partial charge is 0.0720 e. The highest BCUT2D eigenvalue weighted by Gasteiger charge is 2.17. The minimum absolute atomic E-state index is 0.596. The van der Waals surface area contributed by atoms with Gasteiger partial charge in [-0.3, -0.25) is 0 Å². The van der Waals surface area contributed by atoms with Crippen LogP contribution in [0.1, 0.15) is 19.3 Å². The third-order valence-corrected chi connectivity index (χ3v) is 3.45. The molecule has 1 aromatic rings. The van der Waals surface area contributed by atoms with E-state index in [0.29, 0.717) is 15.7 Å². The maximum absolute atomic E-state index is 6.05. The molecule has 0 amide bonds. The normalized spacial score (nSPS) is 16.1. The van der Waals surface area contributed by atoms with E-state index in [9.17, 15) is 0 Å². The van der Waals surface area contributed by atoms with Gasteiger partial charge in [-0.1, -0.05) is 29.6 Å². The molecule has 82 valence electrons. The highest BCUT2D eigenvalue weighted by atomic mass is 35.5. The van der Waals surface area contributed by atoms with Crippen LogP contribution in [-0.2, 0) is 0 Å². The molecule has 1 aliphatic carbocycles. The zero-order valence-corrected chi connectivity index (χ0v) is 9.91. The molecule has 0 saturated heterocycles. The summed E-state index contributed by atoms with van der Waals surface area (Å²) >= 11 is 12.1. The Morgan fingerprint density at radius 3 is 2.33 bits per heavy atom. The summed E-state index contributed by atoms with van der Waals surface area (Å²) in [4.78, 5) is 0. The van der Waals surface area contributed by atoms with Gasteiger partial charge in [-0.05, 0) is 30.9 Å². The van der Waals surface area contributed by atoms with E-state index in [1.807, 2.05) is 0 Å². The van der Waals surface area contributed by atoms with Gasteiger partial charge in [0.1, 0.15) is 0 Å². The molecule has 1 aliphatic rings. The van der Waals surface area contributed by atoms with Crippen LogP contribution < -0.4 is 11.1 Å². The molecule has 0 bridgehead atoms. The molecule has 2 nitrogen and oxygen atoms in total. The van der Waals surface area contributed by atoms with Crippen molar-refractivity contribution in [3.05, 3.63) is 22.2 Å². The first-order valence-corrected chi connectivity index (χ1v) is 5.91. The van der Waals surface area contributed by atoms with E-state index < -0.39 is 0 Å². The lowest BCUT2D eigenvalue weighted by atomic mass is 9.85. The lowest BCUT2D eigenvalue weighted by Gasteiger charge is -2.26. The summed E-state index contributed by atoms with van der Waals surface area (Å²) in [6.07, 6.45) is 3.95. The predicted octanol–water partition coefficient (Wildman–Crippen LogP) is 3.79. The second-order valence-corrected chi connectivity index (χ2v) is 4.85. The summed E-state index contributed by atoms with van der Waals surface area (Å²) in [5, 5.41) is 4.48. The molecular weight excluding hydrogens is 231 g/mol. The largest absolute Gasteiger partial charge is 0.399 e.